The van der Waals surface area contributed by atoms with Gasteiger partial charge in [0.1, 0.15) is 0 Å². The van der Waals surface area contributed by atoms with Gasteiger partial charge in [-0.15, -0.1) is 0 Å². The molecule has 0 bridgehead atoms. The Morgan fingerprint density at radius 3 is 2.26 bits per heavy atom. The third-order valence-electron chi connectivity index (χ3n) is 3.26. The monoisotopic (exact) mass is 257 g/mol. The van der Waals surface area contributed by atoms with E-state index in [2.05, 4.69) is 65.0 Å². The van der Waals surface area contributed by atoms with Gasteiger partial charge in [-0.3, -0.25) is 0 Å². The summed E-state index contributed by atoms with van der Waals surface area (Å²) in [6.07, 6.45) is 11.0. The Balaban J connectivity index is 3.26. The largest absolute Gasteiger partial charge is 0.361 e. The third-order valence-corrected chi connectivity index (χ3v) is 3.26. The smallest absolute Gasteiger partial charge is 0.0451 e. The van der Waals surface area contributed by atoms with Crippen molar-refractivity contribution in [1.29, 1.82) is 0 Å². The molecule has 0 aliphatic carbocycles. The van der Waals surface area contributed by atoms with Gasteiger partial charge in [0.05, 0.1) is 0 Å². The fourth-order valence-electron chi connectivity index (χ4n) is 2.94. The zero-order valence-electron chi connectivity index (χ0n) is 13.0. The first-order chi connectivity index (χ1) is 8.71. The molecule has 0 atom stereocenters. The minimum atomic E-state index is 0.122. The van der Waals surface area contributed by atoms with Crippen LogP contribution in [0.15, 0.2) is 31.5 Å². The molecule has 1 nitrogen and oxygen atoms in total. The Morgan fingerprint density at radius 2 is 1.79 bits per heavy atom. The van der Waals surface area contributed by atoms with E-state index in [0.717, 1.165) is 12.1 Å². The van der Waals surface area contributed by atoms with Crippen LogP contribution in [0.1, 0.15) is 57.9 Å². The van der Waals surface area contributed by atoms with Crippen LogP contribution in [0.25, 0.3) is 12.2 Å². The lowest BCUT2D eigenvalue weighted by atomic mass is 9.72. The van der Waals surface area contributed by atoms with E-state index >= 15 is 0 Å². The van der Waals surface area contributed by atoms with Crippen molar-refractivity contribution in [3.63, 3.8) is 0 Å². The molecule has 19 heavy (non-hydrogen) atoms. The van der Waals surface area contributed by atoms with E-state index in [-0.39, 0.29) is 5.41 Å². The first-order valence-electron chi connectivity index (χ1n) is 6.84. The molecule has 1 aromatic rings. The molecule has 1 heteroatoms. The van der Waals surface area contributed by atoms with Gasteiger partial charge < -0.3 is 4.98 Å². The van der Waals surface area contributed by atoms with Crippen molar-refractivity contribution in [2.75, 3.05) is 0 Å². The molecule has 1 N–H and O–H groups in total. The maximum atomic E-state index is 3.88. The Morgan fingerprint density at radius 1 is 1.16 bits per heavy atom. The summed E-state index contributed by atoms with van der Waals surface area (Å²) in [5.74, 6) is 0. The van der Waals surface area contributed by atoms with E-state index in [1.807, 2.05) is 12.2 Å². The molecule has 0 unspecified atom stereocenters. The number of nitrogens with one attached hydrogen (secondary N) is 1. The molecule has 0 spiro atoms. The maximum Gasteiger partial charge on any atom is 0.0451 e. The van der Waals surface area contributed by atoms with Crippen LogP contribution in [0.3, 0.4) is 0 Å². The first kappa shape index (κ1) is 15.6. The molecule has 104 valence electrons. The molecule has 0 amide bonds. The first-order valence-corrected chi connectivity index (χ1v) is 6.84. The number of aromatic nitrogens is 1. The lowest BCUT2D eigenvalue weighted by Gasteiger charge is -2.32. The molecular weight excluding hydrogens is 230 g/mol. The number of allylic oxidation sites excluding steroid dienone is 2. The van der Waals surface area contributed by atoms with E-state index < -0.39 is 0 Å². The summed E-state index contributed by atoms with van der Waals surface area (Å²) >= 11 is 0. The lowest BCUT2D eigenvalue weighted by molar-refractivity contribution is 0.284. The summed E-state index contributed by atoms with van der Waals surface area (Å²) in [7, 11) is 0. The van der Waals surface area contributed by atoms with Crippen molar-refractivity contribution >= 4 is 12.2 Å². The standard InChI is InChI=1S/C18H27N/c1-8-10-11-14-15(12-19-16(14)9-2)18(6,7)13-17(3,4)5/h8-12,19H,1-2,13H2,3-7H3/b11-10-. The number of rotatable bonds is 5. The predicted octanol–water partition coefficient (Wildman–Crippen LogP) is 5.57. The molecule has 1 aromatic heterocycles. The highest BCUT2D eigenvalue weighted by atomic mass is 14.7. The van der Waals surface area contributed by atoms with E-state index in [4.69, 9.17) is 0 Å². The fourth-order valence-corrected chi connectivity index (χ4v) is 2.94. The van der Waals surface area contributed by atoms with E-state index in [1.165, 1.54) is 11.1 Å². The molecule has 0 aliphatic rings. The summed E-state index contributed by atoms with van der Waals surface area (Å²) in [5.41, 5.74) is 4.07. The van der Waals surface area contributed by atoms with Crippen LogP contribution in [-0.2, 0) is 5.41 Å². The Kier molecular flexibility index (Phi) is 4.62. The molecule has 0 fully saturated rings. The number of hydrogen-bond acceptors (Lipinski definition) is 0. The van der Waals surface area contributed by atoms with Crippen molar-refractivity contribution in [2.45, 2.75) is 46.5 Å². The molecule has 1 heterocycles. The molecule has 0 saturated heterocycles. The molecule has 0 aliphatic heterocycles. The van der Waals surface area contributed by atoms with Gasteiger partial charge in [-0.25, -0.2) is 0 Å². The minimum absolute atomic E-state index is 0.122. The van der Waals surface area contributed by atoms with Crippen molar-refractivity contribution in [3.8, 4) is 0 Å². The average molecular weight is 257 g/mol. The van der Waals surface area contributed by atoms with Gasteiger partial charge in [-0.1, -0.05) is 66.0 Å². The highest BCUT2D eigenvalue weighted by molar-refractivity contribution is 5.67. The normalized spacial score (nSPS) is 12.9. The van der Waals surface area contributed by atoms with Gasteiger partial charge in [0.15, 0.2) is 0 Å². The Bertz CT molecular complexity index is 478. The quantitative estimate of drug-likeness (QED) is 0.664. The number of hydrogen-bond donors (Lipinski definition) is 1. The topological polar surface area (TPSA) is 15.8 Å². The summed E-state index contributed by atoms with van der Waals surface area (Å²) in [6, 6.07) is 0. The van der Waals surface area contributed by atoms with Gasteiger partial charge in [0, 0.05) is 17.5 Å². The van der Waals surface area contributed by atoms with Crippen LogP contribution in [0.5, 0.6) is 0 Å². The Labute approximate surface area is 118 Å². The summed E-state index contributed by atoms with van der Waals surface area (Å²) < 4.78 is 0. The maximum absolute atomic E-state index is 3.88. The van der Waals surface area contributed by atoms with Crippen LogP contribution in [-0.4, -0.2) is 4.98 Å². The summed E-state index contributed by atoms with van der Waals surface area (Å²) in [5, 5.41) is 0. The zero-order valence-corrected chi connectivity index (χ0v) is 13.0. The third kappa shape index (κ3) is 3.99. The van der Waals surface area contributed by atoms with E-state index in [1.54, 1.807) is 6.08 Å². The predicted molar refractivity (Wildman–Crippen MR) is 87.2 cm³/mol. The summed E-state index contributed by atoms with van der Waals surface area (Å²) in [4.78, 5) is 3.32. The number of H-pyrrole nitrogens is 1. The van der Waals surface area contributed by atoms with Crippen molar-refractivity contribution < 1.29 is 0 Å². The van der Waals surface area contributed by atoms with Gasteiger partial charge >= 0.3 is 0 Å². The average Bonchev–Trinajstić information content (AvgIpc) is 2.66. The van der Waals surface area contributed by atoms with Crippen LogP contribution in [0.2, 0.25) is 0 Å². The molecular formula is C18H27N. The van der Waals surface area contributed by atoms with Crippen LogP contribution < -0.4 is 0 Å². The van der Waals surface area contributed by atoms with Gasteiger partial charge in [0.2, 0.25) is 0 Å². The number of aromatic amines is 1. The van der Waals surface area contributed by atoms with E-state index in [0.29, 0.717) is 5.41 Å². The van der Waals surface area contributed by atoms with Crippen LogP contribution >= 0.6 is 0 Å². The van der Waals surface area contributed by atoms with Crippen LogP contribution in [0.4, 0.5) is 0 Å². The zero-order chi connectivity index (χ0) is 14.7. The highest BCUT2D eigenvalue weighted by Gasteiger charge is 2.30. The van der Waals surface area contributed by atoms with E-state index in [9.17, 15) is 0 Å². The second-order valence-corrected chi connectivity index (χ2v) is 6.95. The lowest BCUT2D eigenvalue weighted by Crippen LogP contribution is -2.25. The molecule has 0 aromatic carbocycles. The van der Waals surface area contributed by atoms with Crippen LogP contribution in [0, 0.1) is 5.41 Å². The minimum Gasteiger partial charge on any atom is -0.361 e. The molecule has 0 saturated carbocycles. The van der Waals surface area contributed by atoms with Crippen molar-refractivity contribution in [1.82, 2.24) is 4.98 Å². The van der Waals surface area contributed by atoms with Gasteiger partial charge in [0.25, 0.3) is 0 Å². The highest BCUT2D eigenvalue weighted by Crippen LogP contribution is 2.39. The van der Waals surface area contributed by atoms with Gasteiger partial charge in [-0.05, 0) is 28.9 Å². The Hall–Kier alpha value is -1.50. The van der Waals surface area contributed by atoms with Crippen molar-refractivity contribution in [3.05, 3.63) is 48.3 Å². The van der Waals surface area contributed by atoms with Crippen molar-refractivity contribution in [2.24, 2.45) is 5.41 Å². The SMILES string of the molecule is C=C/C=C\c1c(C(C)(C)CC(C)(C)C)c[nH]c1C=C. The second-order valence-electron chi connectivity index (χ2n) is 6.95. The molecule has 0 radical (unpaired) electrons. The fraction of sp³-hybridized carbons (Fsp3) is 0.444. The second kappa shape index (κ2) is 5.64. The molecule has 1 rings (SSSR count). The van der Waals surface area contributed by atoms with Gasteiger partial charge in [-0.2, -0.15) is 0 Å². The summed E-state index contributed by atoms with van der Waals surface area (Å²) in [6.45, 7) is 19.1.